The summed E-state index contributed by atoms with van der Waals surface area (Å²) >= 11 is 0. The van der Waals surface area contributed by atoms with Crippen molar-refractivity contribution in [2.24, 2.45) is 0 Å². The van der Waals surface area contributed by atoms with Crippen molar-refractivity contribution < 1.29 is 28.6 Å². The Hall–Kier alpha value is -3.15. The maximum atomic E-state index is 12.8. The molecular formula is C57H98O6. The number of hydrogen-bond acceptors (Lipinski definition) is 6. The minimum absolute atomic E-state index is 0.0926. The normalized spacial score (nSPS) is 12.6. The molecule has 0 aliphatic carbocycles. The van der Waals surface area contributed by atoms with E-state index < -0.39 is 6.10 Å². The third-order valence-electron chi connectivity index (χ3n) is 11.2. The van der Waals surface area contributed by atoms with Crippen LogP contribution >= 0.6 is 0 Å². The fourth-order valence-electron chi connectivity index (χ4n) is 7.19. The molecule has 0 aliphatic rings. The zero-order valence-corrected chi connectivity index (χ0v) is 41.3. The Morgan fingerprint density at radius 1 is 0.349 bits per heavy atom. The van der Waals surface area contributed by atoms with Crippen molar-refractivity contribution in [2.45, 2.75) is 258 Å². The van der Waals surface area contributed by atoms with Crippen molar-refractivity contribution in [1.29, 1.82) is 0 Å². The molecule has 1 atom stereocenters. The Kier molecular flexibility index (Phi) is 48.9. The van der Waals surface area contributed by atoms with Crippen molar-refractivity contribution in [1.82, 2.24) is 0 Å². The molecule has 0 bridgehead atoms. The third kappa shape index (κ3) is 49.7. The first-order valence-corrected chi connectivity index (χ1v) is 26.5. The monoisotopic (exact) mass is 879 g/mol. The first kappa shape index (κ1) is 59.9. The van der Waals surface area contributed by atoms with E-state index in [9.17, 15) is 14.4 Å². The minimum Gasteiger partial charge on any atom is -0.462 e. The number of hydrogen-bond donors (Lipinski definition) is 0. The number of allylic oxidation sites excluding steroid dienone is 12. The molecule has 362 valence electrons. The molecule has 0 aliphatic heterocycles. The van der Waals surface area contributed by atoms with Crippen molar-refractivity contribution in [3.05, 3.63) is 72.9 Å². The molecule has 0 saturated heterocycles. The molecule has 0 aromatic rings. The summed E-state index contributed by atoms with van der Waals surface area (Å²) in [5, 5.41) is 0. The Morgan fingerprint density at radius 3 is 1.14 bits per heavy atom. The van der Waals surface area contributed by atoms with Gasteiger partial charge in [0.05, 0.1) is 0 Å². The van der Waals surface area contributed by atoms with Crippen LogP contribution in [0.1, 0.15) is 252 Å². The van der Waals surface area contributed by atoms with Gasteiger partial charge < -0.3 is 14.2 Å². The van der Waals surface area contributed by atoms with Crippen LogP contribution in [0.2, 0.25) is 0 Å². The third-order valence-corrected chi connectivity index (χ3v) is 11.2. The average Bonchev–Trinajstić information content (AvgIpc) is 3.28. The Bertz CT molecular complexity index is 1190. The van der Waals surface area contributed by atoms with E-state index in [0.29, 0.717) is 19.3 Å². The van der Waals surface area contributed by atoms with E-state index in [4.69, 9.17) is 14.2 Å². The standard InChI is InChI=1S/C57H98O6/c1-4-7-10-13-16-19-22-24-26-28-29-30-32-33-35-38-41-44-47-50-56(59)62-53-54(52-61-55(58)49-46-43-40-37-21-18-15-12-9-6-3)63-57(60)51-48-45-42-39-36-34-31-27-25-23-20-17-14-11-8-5-2/h7,10,15-16,18-19,24,26-27,31,34,36,54H,4-6,8-9,11-14,17,20-23,25,28-30,32-33,35,37-53H2,1-3H3/b10-7-,18-15-,19-16-,26-24-,31-27-,36-34-. The van der Waals surface area contributed by atoms with Gasteiger partial charge in [-0.05, 0) is 96.3 Å². The lowest BCUT2D eigenvalue weighted by Crippen LogP contribution is -2.30. The summed E-state index contributed by atoms with van der Waals surface area (Å²) in [5.41, 5.74) is 0. The highest BCUT2D eigenvalue weighted by Crippen LogP contribution is 2.14. The Labute approximate surface area is 389 Å². The van der Waals surface area contributed by atoms with Crippen LogP contribution in [-0.2, 0) is 28.6 Å². The van der Waals surface area contributed by atoms with Gasteiger partial charge in [0.1, 0.15) is 13.2 Å². The first-order valence-electron chi connectivity index (χ1n) is 26.5. The number of carbonyl (C=O) groups is 3. The average molecular weight is 879 g/mol. The molecule has 1 unspecified atom stereocenters. The van der Waals surface area contributed by atoms with Crippen LogP contribution in [0.15, 0.2) is 72.9 Å². The summed E-state index contributed by atoms with van der Waals surface area (Å²) in [5.74, 6) is -0.936. The maximum Gasteiger partial charge on any atom is 0.306 e. The van der Waals surface area contributed by atoms with Crippen LogP contribution in [0.25, 0.3) is 0 Å². The molecular weight excluding hydrogens is 781 g/mol. The molecule has 0 N–H and O–H groups in total. The van der Waals surface area contributed by atoms with Gasteiger partial charge in [0.2, 0.25) is 0 Å². The van der Waals surface area contributed by atoms with Gasteiger partial charge in [-0.25, -0.2) is 0 Å². The van der Waals surface area contributed by atoms with Gasteiger partial charge in [-0.15, -0.1) is 0 Å². The maximum absolute atomic E-state index is 12.8. The molecule has 0 spiro atoms. The number of esters is 3. The lowest BCUT2D eigenvalue weighted by atomic mass is 10.1. The fraction of sp³-hybridized carbons (Fsp3) is 0.737. The molecule has 0 saturated carbocycles. The zero-order chi connectivity index (χ0) is 45.8. The van der Waals surface area contributed by atoms with Gasteiger partial charge in [0.25, 0.3) is 0 Å². The van der Waals surface area contributed by atoms with Gasteiger partial charge in [-0.3, -0.25) is 14.4 Å². The van der Waals surface area contributed by atoms with Crippen LogP contribution in [0.4, 0.5) is 0 Å². The second-order valence-corrected chi connectivity index (χ2v) is 17.4. The summed E-state index contributed by atoms with van der Waals surface area (Å²) in [6, 6.07) is 0. The van der Waals surface area contributed by atoms with E-state index in [1.807, 2.05) is 0 Å². The fourth-order valence-corrected chi connectivity index (χ4v) is 7.19. The summed E-state index contributed by atoms with van der Waals surface area (Å²) < 4.78 is 16.8. The molecule has 0 amide bonds. The van der Waals surface area contributed by atoms with E-state index >= 15 is 0 Å². The second-order valence-electron chi connectivity index (χ2n) is 17.4. The van der Waals surface area contributed by atoms with E-state index in [2.05, 4.69) is 93.7 Å². The van der Waals surface area contributed by atoms with Gasteiger partial charge >= 0.3 is 17.9 Å². The Balaban J connectivity index is 4.38. The van der Waals surface area contributed by atoms with Gasteiger partial charge in [0, 0.05) is 19.3 Å². The quantitative estimate of drug-likeness (QED) is 0.0199. The molecule has 0 radical (unpaired) electrons. The SMILES string of the molecule is CC/C=C\C/C=C\C/C=C\CCCCCCCCCCCC(=O)OCC(COC(=O)CCCCCC/C=C\CCCC)OC(=O)CCCCC/C=C\C=C/CCCCCCCCC. The first-order chi connectivity index (χ1) is 31.0. The number of rotatable bonds is 47. The summed E-state index contributed by atoms with van der Waals surface area (Å²) in [7, 11) is 0. The number of unbranched alkanes of at least 4 members (excludes halogenated alkanes) is 25. The minimum atomic E-state index is -0.795. The van der Waals surface area contributed by atoms with Gasteiger partial charge in [-0.2, -0.15) is 0 Å². The van der Waals surface area contributed by atoms with Crippen molar-refractivity contribution in [3.63, 3.8) is 0 Å². The molecule has 63 heavy (non-hydrogen) atoms. The molecule has 0 aromatic heterocycles. The zero-order valence-electron chi connectivity index (χ0n) is 41.3. The van der Waals surface area contributed by atoms with Crippen molar-refractivity contribution in [3.8, 4) is 0 Å². The van der Waals surface area contributed by atoms with Crippen LogP contribution < -0.4 is 0 Å². The smallest absolute Gasteiger partial charge is 0.306 e. The molecule has 6 heteroatoms. The molecule has 0 aromatic carbocycles. The van der Waals surface area contributed by atoms with Crippen LogP contribution in [0.5, 0.6) is 0 Å². The van der Waals surface area contributed by atoms with E-state index in [1.165, 1.54) is 103 Å². The van der Waals surface area contributed by atoms with Gasteiger partial charge in [0.15, 0.2) is 6.10 Å². The van der Waals surface area contributed by atoms with E-state index in [-0.39, 0.29) is 31.1 Å². The predicted molar refractivity (Wildman–Crippen MR) is 270 cm³/mol. The van der Waals surface area contributed by atoms with Gasteiger partial charge in [-0.1, -0.05) is 209 Å². The predicted octanol–water partition coefficient (Wildman–Crippen LogP) is 17.4. The highest BCUT2D eigenvalue weighted by atomic mass is 16.6. The summed E-state index contributed by atoms with van der Waals surface area (Å²) in [6.45, 7) is 6.45. The van der Waals surface area contributed by atoms with E-state index in [1.54, 1.807) is 0 Å². The van der Waals surface area contributed by atoms with Crippen molar-refractivity contribution >= 4 is 17.9 Å². The number of carbonyl (C=O) groups excluding carboxylic acids is 3. The Morgan fingerprint density at radius 2 is 0.683 bits per heavy atom. The van der Waals surface area contributed by atoms with Crippen LogP contribution in [-0.4, -0.2) is 37.2 Å². The van der Waals surface area contributed by atoms with Crippen LogP contribution in [0, 0.1) is 0 Å². The largest absolute Gasteiger partial charge is 0.462 e. The molecule has 0 fully saturated rings. The second kappa shape index (κ2) is 51.5. The van der Waals surface area contributed by atoms with E-state index in [0.717, 1.165) is 109 Å². The lowest BCUT2D eigenvalue weighted by molar-refractivity contribution is -0.167. The number of ether oxygens (including phenoxy) is 3. The highest BCUT2D eigenvalue weighted by molar-refractivity contribution is 5.71. The summed E-state index contributed by atoms with van der Waals surface area (Å²) in [4.78, 5) is 37.9. The van der Waals surface area contributed by atoms with Crippen molar-refractivity contribution in [2.75, 3.05) is 13.2 Å². The lowest BCUT2D eigenvalue weighted by Gasteiger charge is -2.18. The topological polar surface area (TPSA) is 78.9 Å². The molecule has 0 heterocycles. The molecule has 0 rings (SSSR count). The highest BCUT2D eigenvalue weighted by Gasteiger charge is 2.19. The summed E-state index contributed by atoms with van der Waals surface area (Å²) in [6.07, 6.45) is 64.6. The van der Waals surface area contributed by atoms with Crippen LogP contribution in [0.3, 0.4) is 0 Å². The molecule has 6 nitrogen and oxygen atoms in total.